The highest BCUT2D eigenvalue weighted by Crippen LogP contribution is 2.44. The van der Waals surface area contributed by atoms with Crippen molar-refractivity contribution in [3.05, 3.63) is 76.4 Å². The van der Waals surface area contributed by atoms with Gasteiger partial charge in [-0.15, -0.1) is 0 Å². The summed E-state index contributed by atoms with van der Waals surface area (Å²) in [7, 11) is 3.71. The summed E-state index contributed by atoms with van der Waals surface area (Å²) in [5, 5.41) is 0.637. The van der Waals surface area contributed by atoms with E-state index in [9.17, 15) is 9.59 Å². The predicted octanol–water partition coefficient (Wildman–Crippen LogP) is 6.71. The third-order valence-corrected chi connectivity index (χ3v) is 10.3. The molecule has 2 aliphatic heterocycles. The highest BCUT2D eigenvalue weighted by atomic mass is 35.5. The molecule has 0 bridgehead atoms. The summed E-state index contributed by atoms with van der Waals surface area (Å²) in [5.41, 5.74) is 3.58. The maximum atomic E-state index is 13.9. The summed E-state index contributed by atoms with van der Waals surface area (Å²) >= 11 is 6.28. The van der Waals surface area contributed by atoms with Crippen LogP contribution in [0.25, 0.3) is 0 Å². The Kier molecular flexibility index (Phi) is 10.2. The first-order valence-electron chi connectivity index (χ1n) is 17.2. The molecule has 0 radical (unpaired) electrons. The van der Waals surface area contributed by atoms with Gasteiger partial charge in [0, 0.05) is 30.7 Å². The fraction of sp³-hybridized carbons (Fsp3) is 0.500. The quantitative estimate of drug-likeness (QED) is 0.237. The number of aromatic nitrogens is 1. The molecule has 48 heavy (non-hydrogen) atoms. The second kappa shape index (κ2) is 14.3. The number of anilines is 2. The maximum Gasteiger partial charge on any atom is 0.238 e. The standard InChI is InChI=1S/C38H48ClN5O4/c1-24(2)43-23-42(22-37(43)46)30-13-7-26(8-14-30)21-41(5)35-16-15-31(20-40-35)44-36(45)18-28-17-33(47-6)34(48-25(3)4)19-32(28)38(44)27-9-11-29(39)12-10-27/h9-12,15-17,19-20,24-26,30,38H,7-8,13-14,18,21-23H2,1-6H3/t26?,30?,38-/m0/s1. The van der Waals surface area contributed by atoms with E-state index < -0.39 is 6.04 Å². The summed E-state index contributed by atoms with van der Waals surface area (Å²) in [6, 6.07) is 16.0. The highest BCUT2D eigenvalue weighted by Gasteiger charge is 2.37. The Morgan fingerprint density at radius 3 is 2.29 bits per heavy atom. The molecule has 2 aromatic carbocycles. The zero-order valence-corrected chi connectivity index (χ0v) is 29.7. The molecule has 1 saturated heterocycles. The van der Waals surface area contributed by atoms with Crippen LogP contribution in [0.3, 0.4) is 0 Å². The average molecular weight is 674 g/mol. The number of ether oxygens (including phenoxy) is 2. The van der Waals surface area contributed by atoms with E-state index in [1.165, 1.54) is 0 Å². The molecular weight excluding hydrogens is 626 g/mol. The normalized spacial score (nSPS) is 21.6. The van der Waals surface area contributed by atoms with Crippen LogP contribution in [0.15, 0.2) is 54.7 Å². The Bertz CT molecular complexity index is 1600. The van der Waals surface area contributed by atoms with E-state index in [1.54, 1.807) is 7.11 Å². The number of methoxy groups -OCH3 is 1. The molecule has 256 valence electrons. The lowest BCUT2D eigenvalue weighted by Crippen LogP contribution is -2.41. The van der Waals surface area contributed by atoms with Gasteiger partial charge in [0.05, 0.1) is 50.8 Å². The van der Waals surface area contributed by atoms with Gasteiger partial charge in [0.25, 0.3) is 0 Å². The lowest BCUT2D eigenvalue weighted by molar-refractivity contribution is -0.128. The number of benzene rings is 2. The van der Waals surface area contributed by atoms with Gasteiger partial charge in [-0.2, -0.15) is 0 Å². The van der Waals surface area contributed by atoms with Gasteiger partial charge in [-0.1, -0.05) is 23.7 Å². The summed E-state index contributed by atoms with van der Waals surface area (Å²) in [5.74, 6) is 2.95. The van der Waals surface area contributed by atoms with Crippen molar-refractivity contribution in [3.63, 3.8) is 0 Å². The predicted molar refractivity (Wildman–Crippen MR) is 190 cm³/mol. The minimum atomic E-state index is -0.391. The molecule has 3 aliphatic rings. The summed E-state index contributed by atoms with van der Waals surface area (Å²) in [4.78, 5) is 39.6. The van der Waals surface area contributed by atoms with Crippen LogP contribution in [0, 0.1) is 5.92 Å². The van der Waals surface area contributed by atoms with E-state index in [0.29, 0.717) is 35.0 Å². The monoisotopic (exact) mass is 673 g/mol. The van der Waals surface area contributed by atoms with E-state index in [-0.39, 0.29) is 30.4 Å². The van der Waals surface area contributed by atoms with Crippen LogP contribution in [0.4, 0.5) is 11.5 Å². The molecule has 2 fully saturated rings. The van der Waals surface area contributed by atoms with E-state index in [2.05, 4.69) is 30.7 Å². The second-order valence-electron chi connectivity index (χ2n) is 14.0. The van der Waals surface area contributed by atoms with Crippen LogP contribution in [0.2, 0.25) is 5.02 Å². The van der Waals surface area contributed by atoms with Crippen molar-refractivity contribution in [2.24, 2.45) is 5.92 Å². The molecule has 2 amide bonds. The van der Waals surface area contributed by atoms with Crippen LogP contribution < -0.4 is 19.3 Å². The van der Waals surface area contributed by atoms with Crippen molar-refractivity contribution in [2.45, 2.75) is 84.0 Å². The zero-order valence-electron chi connectivity index (χ0n) is 29.0. The van der Waals surface area contributed by atoms with Gasteiger partial charge in [-0.25, -0.2) is 4.98 Å². The Morgan fingerprint density at radius 1 is 0.958 bits per heavy atom. The minimum absolute atomic E-state index is 0.0158. The number of hydrogen-bond donors (Lipinski definition) is 0. The Morgan fingerprint density at radius 2 is 1.69 bits per heavy atom. The van der Waals surface area contributed by atoms with Gasteiger partial charge in [0.15, 0.2) is 11.5 Å². The number of rotatable bonds is 10. The Hall–Kier alpha value is -3.82. The van der Waals surface area contributed by atoms with Gasteiger partial charge >= 0.3 is 0 Å². The number of amides is 2. The first kappa shape index (κ1) is 34.1. The molecular formula is C38H48ClN5O4. The fourth-order valence-electron chi connectivity index (χ4n) is 7.53. The largest absolute Gasteiger partial charge is 0.493 e. The van der Waals surface area contributed by atoms with Crippen LogP contribution in [0.5, 0.6) is 11.5 Å². The van der Waals surface area contributed by atoms with Crippen LogP contribution in [-0.4, -0.2) is 78.7 Å². The molecule has 10 heteroatoms. The second-order valence-corrected chi connectivity index (χ2v) is 14.5. The van der Waals surface area contributed by atoms with Crippen LogP contribution in [0.1, 0.15) is 76.1 Å². The van der Waals surface area contributed by atoms with Gasteiger partial charge in [-0.05, 0) is 112 Å². The Labute approximate surface area is 289 Å². The SMILES string of the molecule is COc1cc2c(cc1OC(C)C)[C@H](c1ccc(Cl)cc1)N(c1ccc(N(C)CC3CCC(N4CC(=O)N(C(C)C)C4)CC3)nc1)C(=O)C2. The van der Waals surface area contributed by atoms with E-state index >= 15 is 0 Å². The average Bonchev–Trinajstić information content (AvgIpc) is 3.46. The minimum Gasteiger partial charge on any atom is -0.493 e. The molecule has 6 rings (SSSR count). The molecule has 0 spiro atoms. The summed E-state index contributed by atoms with van der Waals surface area (Å²) < 4.78 is 11.8. The fourth-order valence-corrected chi connectivity index (χ4v) is 7.66. The molecule has 3 heterocycles. The van der Waals surface area contributed by atoms with E-state index in [0.717, 1.165) is 67.1 Å². The van der Waals surface area contributed by atoms with Gasteiger partial charge in [0.1, 0.15) is 5.82 Å². The third-order valence-electron chi connectivity index (χ3n) is 10.0. The number of halogens is 1. The zero-order chi connectivity index (χ0) is 34.1. The number of carbonyl (C=O) groups is 2. The van der Waals surface area contributed by atoms with Crippen molar-refractivity contribution in [2.75, 3.05) is 43.7 Å². The maximum absolute atomic E-state index is 13.9. The van der Waals surface area contributed by atoms with Gasteiger partial charge in [-0.3, -0.25) is 19.4 Å². The summed E-state index contributed by atoms with van der Waals surface area (Å²) in [6.45, 7) is 10.4. The molecule has 1 atom stereocenters. The molecule has 1 aliphatic carbocycles. The molecule has 1 aromatic heterocycles. The van der Waals surface area contributed by atoms with Crippen molar-refractivity contribution >= 4 is 34.9 Å². The van der Waals surface area contributed by atoms with Crippen molar-refractivity contribution in [3.8, 4) is 11.5 Å². The van der Waals surface area contributed by atoms with Gasteiger partial charge in [0.2, 0.25) is 11.8 Å². The highest BCUT2D eigenvalue weighted by molar-refractivity contribution is 6.30. The molecule has 0 unspecified atom stereocenters. The van der Waals surface area contributed by atoms with Crippen molar-refractivity contribution < 1.29 is 19.1 Å². The topological polar surface area (TPSA) is 78.5 Å². The smallest absolute Gasteiger partial charge is 0.238 e. The van der Waals surface area contributed by atoms with Crippen molar-refractivity contribution in [1.82, 2.24) is 14.8 Å². The number of fused-ring (bicyclic) bond motifs is 1. The van der Waals surface area contributed by atoms with Crippen LogP contribution in [-0.2, 0) is 16.0 Å². The molecule has 9 nitrogen and oxygen atoms in total. The third kappa shape index (κ3) is 7.13. The summed E-state index contributed by atoms with van der Waals surface area (Å²) in [6.07, 6.45) is 6.52. The Balaban J connectivity index is 1.18. The molecule has 3 aromatic rings. The number of carbonyl (C=O) groups excluding carboxylic acids is 2. The lowest BCUT2D eigenvalue weighted by atomic mass is 9.85. The van der Waals surface area contributed by atoms with E-state index in [4.69, 9.17) is 26.1 Å². The first-order valence-corrected chi connectivity index (χ1v) is 17.6. The lowest BCUT2D eigenvalue weighted by Gasteiger charge is -2.38. The number of hydrogen-bond acceptors (Lipinski definition) is 7. The number of nitrogens with zero attached hydrogens (tertiary/aromatic N) is 5. The van der Waals surface area contributed by atoms with Crippen LogP contribution >= 0.6 is 11.6 Å². The van der Waals surface area contributed by atoms with E-state index in [1.807, 2.05) is 78.4 Å². The molecule has 0 N–H and O–H groups in total. The number of pyridine rings is 1. The van der Waals surface area contributed by atoms with Crippen molar-refractivity contribution in [1.29, 1.82) is 0 Å². The molecule has 1 saturated carbocycles. The van der Waals surface area contributed by atoms with Gasteiger partial charge < -0.3 is 19.3 Å². The first-order chi connectivity index (χ1) is 23.0.